The molecule has 10 heteroatoms. The van der Waals surface area contributed by atoms with E-state index in [-0.39, 0.29) is 19.0 Å². The first-order valence-electron chi connectivity index (χ1n) is 10.8. The number of hydrogen-bond acceptors (Lipinski definition) is 6. The summed E-state index contributed by atoms with van der Waals surface area (Å²) in [7, 11) is 0.920. The molecule has 2 aromatic rings. The van der Waals surface area contributed by atoms with Crippen LogP contribution in [0.15, 0.2) is 48.5 Å². The molecule has 0 spiro atoms. The molecule has 0 saturated heterocycles. The van der Waals surface area contributed by atoms with E-state index in [1.54, 1.807) is 27.2 Å². The standard InChI is InChI=1S/C24H33N3O6S/c1-18(24(29)25-14-13-19-11-12-21(32-3)22(15-19)33-4)27(16-20-9-7-6-8-10-20)23(28)17-26(2)34(5,30)31/h6-12,15,18H,13-14,16-17H2,1-5H3,(H,25,29)/t18-/m0/s1. The molecular weight excluding hydrogens is 458 g/mol. The molecule has 2 rings (SSSR count). The average Bonchev–Trinajstić information content (AvgIpc) is 2.81. The quantitative estimate of drug-likeness (QED) is 0.484. The minimum Gasteiger partial charge on any atom is -0.493 e. The highest BCUT2D eigenvalue weighted by atomic mass is 32.2. The maximum atomic E-state index is 13.0. The number of nitrogens with one attached hydrogen (secondary N) is 1. The lowest BCUT2D eigenvalue weighted by atomic mass is 10.1. The minimum atomic E-state index is -3.54. The molecule has 186 valence electrons. The Hall–Kier alpha value is -3.11. The summed E-state index contributed by atoms with van der Waals surface area (Å²) in [5.74, 6) is 0.443. The van der Waals surface area contributed by atoms with E-state index >= 15 is 0 Å². The van der Waals surface area contributed by atoms with Gasteiger partial charge in [-0.05, 0) is 36.6 Å². The summed E-state index contributed by atoms with van der Waals surface area (Å²) in [6, 6.07) is 14.0. The summed E-state index contributed by atoms with van der Waals surface area (Å²) in [6.07, 6.45) is 1.59. The third-order valence-electron chi connectivity index (χ3n) is 5.45. The zero-order valence-corrected chi connectivity index (χ0v) is 21.1. The smallest absolute Gasteiger partial charge is 0.242 e. The molecule has 0 aliphatic rings. The van der Waals surface area contributed by atoms with Gasteiger partial charge in [-0.3, -0.25) is 9.59 Å². The van der Waals surface area contributed by atoms with Gasteiger partial charge in [0.05, 0.1) is 27.0 Å². The number of methoxy groups -OCH3 is 2. The highest BCUT2D eigenvalue weighted by Crippen LogP contribution is 2.27. The van der Waals surface area contributed by atoms with Crippen molar-refractivity contribution in [1.82, 2.24) is 14.5 Å². The fraction of sp³-hybridized carbons (Fsp3) is 0.417. The first kappa shape index (κ1) is 27.1. The van der Waals surface area contributed by atoms with Gasteiger partial charge in [0.15, 0.2) is 11.5 Å². The maximum absolute atomic E-state index is 13.0. The van der Waals surface area contributed by atoms with E-state index in [0.717, 1.165) is 21.7 Å². The zero-order chi connectivity index (χ0) is 25.3. The van der Waals surface area contributed by atoms with Crippen molar-refractivity contribution in [3.63, 3.8) is 0 Å². The van der Waals surface area contributed by atoms with Crippen LogP contribution in [0.3, 0.4) is 0 Å². The molecule has 0 aromatic heterocycles. The summed E-state index contributed by atoms with van der Waals surface area (Å²) >= 11 is 0. The monoisotopic (exact) mass is 491 g/mol. The fourth-order valence-corrected chi connectivity index (χ4v) is 3.62. The number of rotatable bonds is 12. The molecular formula is C24H33N3O6S. The van der Waals surface area contributed by atoms with Crippen molar-refractivity contribution in [2.24, 2.45) is 0 Å². The van der Waals surface area contributed by atoms with Crippen molar-refractivity contribution in [3.8, 4) is 11.5 Å². The largest absolute Gasteiger partial charge is 0.493 e. The lowest BCUT2D eigenvalue weighted by Crippen LogP contribution is -2.50. The van der Waals surface area contributed by atoms with Crippen LogP contribution in [-0.2, 0) is 32.6 Å². The van der Waals surface area contributed by atoms with Crippen molar-refractivity contribution in [2.45, 2.75) is 25.9 Å². The predicted octanol–water partition coefficient (Wildman–Crippen LogP) is 1.67. The summed E-state index contributed by atoms with van der Waals surface area (Å²) in [6.45, 7) is 1.82. The number of carbonyl (C=O) groups excluding carboxylic acids is 2. The van der Waals surface area contributed by atoms with Crippen LogP contribution in [0.2, 0.25) is 0 Å². The molecule has 34 heavy (non-hydrogen) atoms. The van der Waals surface area contributed by atoms with E-state index in [4.69, 9.17) is 9.47 Å². The SMILES string of the molecule is COc1ccc(CCNC(=O)[C@H](C)N(Cc2ccccc2)C(=O)CN(C)S(C)(=O)=O)cc1OC. The number of benzene rings is 2. The van der Waals surface area contributed by atoms with Crippen molar-refractivity contribution in [2.75, 3.05) is 40.6 Å². The number of carbonyl (C=O) groups is 2. The molecule has 0 aliphatic carbocycles. The van der Waals surface area contributed by atoms with Gasteiger partial charge in [-0.15, -0.1) is 0 Å². The van der Waals surface area contributed by atoms with Crippen LogP contribution < -0.4 is 14.8 Å². The van der Waals surface area contributed by atoms with E-state index in [0.29, 0.717) is 24.5 Å². The number of nitrogens with zero attached hydrogens (tertiary/aromatic N) is 2. The van der Waals surface area contributed by atoms with Gasteiger partial charge in [0.25, 0.3) is 0 Å². The molecule has 2 amide bonds. The molecule has 0 bridgehead atoms. The number of hydrogen-bond donors (Lipinski definition) is 1. The van der Waals surface area contributed by atoms with Crippen LogP contribution in [0.4, 0.5) is 0 Å². The van der Waals surface area contributed by atoms with Crippen LogP contribution in [0.1, 0.15) is 18.1 Å². The molecule has 9 nitrogen and oxygen atoms in total. The number of sulfonamides is 1. The van der Waals surface area contributed by atoms with E-state index in [9.17, 15) is 18.0 Å². The van der Waals surface area contributed by atoms with Gasteiger partial charge in [0.2, 0.25) is 21.8 Å². The Morgan fingerprint density at radius 1 is 1.00 bits per heavy atom. The third-order valence-corrected chi connectivity index (χ3v) is 6.71. The van der Waals surface area contributed by atoms with Gasteiger partial charge in [-0.1, -0.05) is 36.4 Å². The van der Waals surface area contributed by atoms with Crippen molar-refractivity contribution in [3.05, 3.63) is 59.7 Å². The lowest BCUT2D eigenvalue weighted by Gasteiger charge is -2.30. The van der Waals surface area contributed by atoms with Crippen LogP contribution >= 0.6 is 0 Å². The number of amides is 2. The van der Waals surface area contributed by atoms with Gasteiger partial charge in [0.1, 0.15) is 6.04 Å². The minimum absolute atomic E-state index is 0.182. The third kappa shape index (κ3) is 7.74. The van der Waals surface area contributed by atoms with E-state index in [2.05, 4.69) is 5.32 Å². The highest BCUT2D eigenvalue weighted by Gasteiger charge is 2.28. The van der Waals surface area contributed by atoms with Crippen molar-refractivity contribution in [1.29, 1.82) is 0 Å². The van der Waals surface area contributed by atoms with Crippen molar-refractivity contribution < 1.29 is 27.5 Å². The maximum Gasteiger partial charge on any atom is 0.242 e. The first-order chi connectivity index (χ1) is 16.1. The van der Waals surface area contributed by atoms with E-state index < -0.39 is 22.0 Å². The molecule has 0 saturated carbocycles. The highest BCUT2D eigenvalue weighted by molar-refractivity contribution is 7.88. The Bertz CT molecular complexity index is 1080. The predicted molar refractivity (Wildman–Crippen MR) is 130 cm³/mol. The fourth-order valence-electron chi connectivity index (χ4n) is 3.28. The summed E-state index contributed by atoms with van der Waals surface area (Å²) in [4.78, 5) is 27.3. The van der Waals surface area contributed by atoms with Crippen LogP contribution in [-0.4, -0.2) is 76.1 Å². The molecule has 1 N–H and O–H groups in total. The lowest BCUT2D eigenvalue weighted by molar-refractivity contribution is -0.140. The molecule has 1 atom stereocenters. The van der Waals surface area contributed by atoms with Gasteiger partial charge >= 0.3 is 0 Å². The Kier molecular flexibility index (Phi) is 9.88. The second-order valence-corrected chi connectivity index (χ2v) is 10.0. The molecule has 0 radical (unpaired) electrons. The number of ether oxygens (including phenoxy) is 2. The Morgan fingerprint density at radius 3 is 2.24 bits per heavy atom. The molecule has 0 unspecified atom stereocenters. The van der Waals surface area contributed by atoms with E-state index in [1.165, 1.54) is 11.9 Å². The molecule has 0 aliphatic heterocycles. The zero-order valence-electron chi connectivity index (χ0n) is 20.3. The summed E-state index contributed by atoms with van der Waals surface area (Å²) < 4.78 is 35.1. The Balaban J connectivity index is 2.07. The summed E-state index contributed by atoms with van der Waals surface area (Å²) in [5, 5.41) is 2.86. The van der Waals surface area contributed by atoms with Gasteiger partial charge in [0, 0.05) is 20.1 Å². The second-order valence-electron chi connectivity index (χ2n) is 7.93. The second kappa shape index (κ2) is 12.4. The molecule has 0 fully saturated rings. The van der Waals surface area contributed by atoms with Crippen LogP contribution in [0.25, 0.3) is 0 Å². The van der Waals surface area contributed by atoms with Gasteiger partial charge in [-0.2, -0.15) is 4.31 Å². The van der Waals surface area contributed by atoms with Gasteiger partial charge < -0.3 is 19.7 Å². The van der Waals surface area contributed by atoms with Crippen molar-refractivity contribution >= 4 is 21.8 Å². The summed E-state index contributed by atoms with van der Waals surface area (Å²) in [5.41, 5.74) is 1.79. The average molecular weight is 492 g/mol. The topological polar surface area (TPSA) is 105 Å². The Labute approximate surface area is 201 Å². The molecule has 0 heterocycles. The Morgan fingerprint density at radius 2 is 1.65 bits per heavy atom. The molecule has 2 aromatic carbocycles. The van der Waals surface area contributed by atoms with Gasteiger partial charge in [-0.25, -0.2) is 8.42 Å². The van der Waals surface area contributed by atoms with Crippen LogP contribution in [0.5, 0.6) is 11.5 Å². The van der Waals surface area contributed by atoms with Crippen LogP contribution in [0, 0.1) is 0 Å². The first-order valence-corrected chi connectivity index (χ1v) is 12.6. The van der Waals surface area contributed by atoms with E-state index in [1.807, 2.05) is 42.5 Å². The normalized spacial score (nSPS) is 12.2. The number of likely N-dealkylation sites (N-methyl/N-ethyl adjacent to an activating group) is 1.